The zero-order valence-corrected chi connectivity index (χ0v) is 16.2. The predicted octanol–water partition coefficient (Wildman–Crippen LogP) is -1.38. The molecule has 0 saturated heterocycles. The van der Waals surface area contributed by atoms with Gasteiger partial charge in [0.25, 0.3) is 0 Å². The van der Waals surface area contributed by atoms with Crippen LogP contribution in [0, 0.1) is 6.92 Å². The van der Waals surface area contributed by atoms with E-state index in [9.17, 15) is 14.7 Å². The molecule has 3 aromatic rings. The van der Waals surface area contributed by atoms with Crippen molar-refractivity contribution in [2.45, 2.75) is 13.3 Å². The molecule has 118 valence electrons. The monoisotopic (exact) mass is 333 g/mol. The fraction of sp³-hybridized carbons (Fsp3) is 0.222. The molecule has 0 fully saturated rings. The summed E-state index contributed by atoms with van der Waals surface area (Å²) in [5.41, 5.74) is 2.87. The van der Waals surface area contributed by atoms with E-state index in [1.165, 1.54) is 0 Å². The van der Waals surface area contributed by atoms with E-state index in [0.29, 0.717) is 27.5 Å². The molecule has 0 amide bonds. The summed E-state index contributed by atoms with van der Waals surface area (Å²) < 4.78 is 5.96. The van der Waals surface area contributed by atoms with Crippen LogP contribution in [0.4, 0.5) is 5.69 Å². The molecule has 1 aromatic heterocycles. The van der Waals surface area contributed by atoms with Gasteiger partial charge in [0, 0.05) is 43.3 Å². The molecule has 0 aliphatic carbocycles. The summed E-state index contributed by atoms with van der Waals surface area (Å²) in [4.78, 5) is 25.6. The van der Waals surface area contributed by atoms with Crippen LogP contribution in [0.2, 0.25) is 0 Å². The van der Waals surface area contributed by atoms with E-state index in [1.54, 1.807) is 24.3 Å². The molecule has 0 atom stereocenters. The number of benzene rings is 2. The fourth-order valence-electron chi connectivity index (χ4n) is 2.90. The summed E-state index contributed by atoms with van der Waals surface area (Å²) in [6, 6.07) is 8.57. The van der Waals surface area contributed by atoms with Gasteiger partial charge in [-0.15, -0.1) is 0 Å². The first kappa shape index (κ1) is 18.5. The molecule has 5 nitrogen and oxygen atoms in total. The van der Waals surface area contributed by atoms with Crippen LogP contribution in [0.5, 0.6) is 0 Å². The number of aryl methyl sites for hydroxylation is 1. The molecule has 2 aromatic carbocycles. The SMILES string of the molecule is Cc1c(N(C)C)ccc2c(=O)c3cccc(CC(=O)[O-])c3oc12.[Na+]. The number of carboxylic acids is 1. The van der Waals surface area contributed by atoms with Gasteiger partial charge in [0.15, 0.2) is 0 Å². The third-order valence-corrected chi connectivity index (χ3v) is 3.98. The molecule has 1 heterocycles. The summed E-state index contributed by atoms with van der Waals surface area (Å²) in [7, 11) is 3.82. The molecule has 0 unspecified atom stereocenters. The van der Waals surface area contributed by atoms with Crippen LogP contribution in [-0.2, 0) is 11.2 Å². The molecule has 3 rings (SSSR count). The second kappa shape index (κ2) is 6.97. The van der Waals surface area contributed by atoms with Crippen molar-refractivity contribution in [1.82, 2.24) is 0 Å². The van der Waals surface area contributed by atoms with E-state index in [2.05, 4.69) is 0 Å². The summed E-state index contributed by atoms with van der Waals surface area (Å²) in [5.74, 6) is -1.21. The number of carboxylic acid groups (broad SMARTS) is 1. The maximum Gasteiger partial charge on any atom is 1.00 e. The van der Waals surface area contributed by atoms with Crippen LogP contribution in [0.25, 0.3) is 21.9 Å². The molecule has 0 bridgehead atoms. The average molecular weight is 333 g/mol. The quantitative estimate of drug-likeness (QED) is 0.436. The first-order valence-electron chi connectivity index (χ1n) is 7.25. The standard InChI is InChI=1S/C18H17NO4.Na/c1-10-14(19(2)3)8-7-13-16(22)12-6-4-5-11(9-15(20)21)18(12)23-17(10)13;/h4-8H,9H2,1-3H3,(H,20,21);/q;+1/p-1. The molecule has 0 aliphatic heterocycles. The van der Waals surface area contributed by atoms with Crippen molar-refractivity contribution in [3.05, 3.63) is 51.7 Å². The van der Waals surface area contributed by atoms with Crippen molar-refractivity contribution in [2.24, 2.45) is 0 Å². The van der Waals surface area contributed by atoms with Gasteiger partial charge in [0.05, 0.1) is 10.8 Å². The Morgan fingerprint density at radius 2 is 1.79 bits per heavy atom. The van der Waals surface area contributed by atoms with Crippen molar-refractivity contribution in [3.63, 3.8) is 0 Å². The molecule has 0 spiro atoms. The van der Waals surface area contributed by atoms with Crippen LogP contribution in [-0.4, -0.2) is 20.1 Å². The van der Waals surface area contributed by atoms with Gasteiger partial charge in [-0.3, -0.25) is 4.79 Å². The minimum atomic E-state index is -1.21. The number of aliphatic carboxylic acids is 1. The summed E-state index contributed by atoms with van der Waals surface area (Å²) in [6.45, 7) is 1.88. The third-order valence-electron chi connectivity index (χ3n) is 3.98. The van der Waals surface area contributed by atoms with E-state index in [4.69, 9.17) is 4.42 Å². The molecular formula is C18H16NNaO4. The number of nitrogens with zero attached hydrogens (tertiary/aromatic N) is 1. The number of rotatable bonds is 3. The van der Waals surface area contributed by atoms with E-state index in [-0.39, 0.29) is 41.4 Å². The predicted molar refractivity (Wildman–Crippen MR) is 87.8 cm³/mol. The maximum absolute atomic E-state index is 12.7. The van der Waals surface area contributed by atoms with Gasteiger partial charge >= 0.3 is 29.6 Å². The second-order valence-electron chi connectivity index (χ2n) is 5.75. The zero-order valence-electron chi connectivity index (χ0n) is 14.2. The summed E-state index contributed by atoms with van der Waals surface area (Å²) in [6.07, 6.45) is -0.293. The minimum Gasteiger partial charge on any atom is -0.550 e. The van der Waals surface area contributed by atoms with Gasteiger partial charge in [-0.05, 0) is 25.1 Å². The van der Waals surface area contributed by atoms with Crippen LogP contribution in [0.1, 0.15) is 11.1 Å². The molecular weight excluding hydrogens is 317 g/mol. The Kier molecular flexibility index (Phi) is 5.38. The van der Waals surface area contributed by atoms with Gasteiger partial charge in [-0.1, -0.05) is 12.1 Å². The molecule has 0 N–H and O–H groups in total. The Bertz CT molecular complexity index is 992. The van der Waals surface area contributed by atoms with Crippen molar-refractivity contribution < 1.29 is 43.9 Å². The number of hydrogen-bond acceptors (Lipinski definition) is 5. The number of fused-ring (bicyclic) bond motifs is 2. The van der Waals surface area contributed by atoms with E-state index in [1.807, 2.05) is 32.0 Å². The Balaban J connectivity index is 0.00000208. The van der Waals surface area contributed by atoms with Crippen molar-refractivity contribution in [1.29, 1.82) is 0 Å². The van der Waals surface area contributed by atoms with E-state index >= 15 is 0 Å². The first-order valence-corrected chi connectivity index (χ1v) is 7.25. The number of hydrogen-bond donors (Lipinski definition) is 0. The van der Waals surface area contributed by atoms with Crippen LogP contribution < -0.4 is 45.0 Å². The number of anilines is 1. The smallest absolute Gasteiger partial charge is 0.550 e. The average Bonchev–Trinajstić information content (AvgIpc) is 2.48. The Morgan fingerprint density at radius 3 is 2.42 bits per heavy atom. The Morgan fingerprint density at radius 1 is 1.12 bits per heavy atom. The van der Waals surface area contributed by atoms with Crippen molar-refractivity contribution >= 4 is 33.6 Å². The van der Waals surface area contributed by atoms with Crippen LogP contribution in [0.3, 0.4) is 0 Å². The van der Waals surface area contributed by atoms with Crippen LogP contribution in [0.15, 0.2) is 39.5 Å². The van der Waals surface area contributed by atoms with Crippen molar-refractivity contribution in [3.8, 4) is 0 Å². The largest absolute Gasteiger partial charge is 1.00 e. The maximum atomic E-state index is 12.7. The molecule has 24 heavy (non-hydrogen) atoms. The molecule has 0 radical (unpaired) electrons. The first-order chi connectivity index (χ1) is 10.9. The summed E-state index contributed by atoms with van der Waals surface area (Å²) in [5, 5.41) is 11.8. The number of para-hydroxylation sites is 1. The zero-order chi connectivity index (χ0) is 16.7. The molecule has 0 saturated carbocycles. The second-order valence-corrected chi connectivity index (χ2v) is 5.75. The topological polar surface area (TPSA) is 73.6 Å². The van der Waals surface area contributed by atoms with Gasteiger partial charge < -0.3 is 19.2 Å². The third kappa shape index (κ3) is 3.07. The molecule has 0 aliphatic rings. The number of carbonyl (C=O) groups is 1. The minimum absolute atomic E-state index is 0. The van der Waals surface area contributed by atoms with Gasteiger partial charge in [-0.2, -0.15) is 0 Å². The van der Waals surface area contributed by atoms with Gasteiger partial charge in [-0.25, -0.2) is 0 Å². The van der Waals surface area contributed by atoms with Gasteiger partial charge in [0.2, 0.25) is 5.43 Å². The van der Waals surface area contributed by atoms with Crippen molar-refractivity contribution in [2.75, 3.05) is 19.0 Å². The Labute approximate surface area is 161 Å². The fourth-order valence-corrected chi connectivity index (χ4v) is 2.90. The molecule has 6 heteroatoms. The van der Waals surface area contributed by atoms with Gasteiger partial charge in [0.1, 0.15) is 11.2 Å². The summed E-state index contributed by atoms with van der Waals surface area (Å²) >= 11 is 0. The normalized spacial score (nSPS) is 10.6. The van der Waals surface area contributed by atoms with Crippen LogP contribution >= 0.6 is 0 Å². The Hall–Kier alpha value is -1.82. The number of carbonyl (C=O) groups excluding carboxylic acids is 1. The van der Waals surface area contributed by atoms with E-state index in [0.717, 1.165) is 11.3 Å². The van der Waals surface area contributed by atoms with E-state index < -0.39 is 5.97 Å².